The summed E-state index contributed by atoms with van der Waals surface area (Å²) in [5.74, 6) is 0. The Morgan fingerprint density at radius 1 is 1.22 bits per heavy atom. The summed E-state index contributed by atoms with van der Waals surface area (Å²) in [5.41, 5.74) is 9.51. The van der Waals surface area contributed by atoms with Gasteiger partial charge in [-0.15, -0.1) is 0 Å². The molecule has 0 saturated carbocycles. The van der Waals surface area contributed by atoms with E-state index in [9.17, 15) is 0 Å². The first-order valence-corrected chi connectivity index (χ1v) is 7.27. The Bertz CT molecular complexity index is 538. The third kappa shape index (κ3) is 3.40. The van der Waals surface area contributed by atoms with E-state index in [1.807, 2.05) is 37.4 Å². The summed E-state index contributed by atoms with van der Waals surface area (Å²) in [4.78, 5) is 4.39. The lowest BCUT2D eigenvalue weighted by Crippen LogP contribution is -2.14. The Morgan fingerprint density at radius 3 is 2.61 bits per heavy atom. The lowest BCUT2D eigenvalue weighted by Gasteiger charge is -2.14. The number of aryl methyl sites for hydroxylation is 1. The van der Waals surface area contributed by atoms with Gasteiger partial charge in [0.1, 0.15) is 0 Å². The summed E-state index contributed by atoms with van der Waals surface area (Å²) >= 11 is 6.98. The van der Waals surface area contributed by atoms with E-state index < -0.39 is 0 Å². The fourth-order valence-corrected chi connectivity index (χ4v) is 3.10. The summed E-state index contributed by atoms with van der Waals surface area (Å²) in [5, 5.41) is 0. The predicted molar refractivity (Wildman–Crippen MR) is 81.4 cm³/mol. The molecule has 1 atom stereocenters. The summed E-state index contributed by atoms with van der Waals surface area (Å²) in [6, 6.07) is 10.1. The van der Waals surface area contributed by atoms with Gasteiger partial charge in [-0.05, 0) is 36.2 Å². The van der Waals surface area contributed by atoms with Crippen molar-refractivity contribution in [2.45, 2.75) is 19.4 Å². The number of nitrogens with two attached hydrogens (primary N) is 1. The van der Waals surface area contributed by atoms with Gasteiger partial charge >= 0.3 is 0 Å². The van der Waals surface area contributed by atoms with E-state index in [0.29, 0.717) is 0 Å². The molecule has 0 spiro atoms. The van der Waals surface area contributed by atoms with Crippen LogP contribution in [0.15, 0.2) is 45.5 Å². The quantitative estimate of drug-likeness (QED) is 0.882. The standard InChI is InChI=1S/C14H14Br2N2/c1-9-2-4-11(18-8-9)7-14(17)12-5-3-10(15)6-13(12)16/h2-6,8,14H,7,17H2,1H3. The van der Waals surface area contributed by atoms with Gasteiger partial charge in [0, 0.05) is 33.3 Å². The fraction of sp³-hybridized carbons (Fsp3) is 0.214. The average Bonchev–Trinajstić information content (AvgIpc) is 2.32. The minimum Gasteiger partial charge on any atom is -0.324 e. The molecule has 1 unspecified atom stereocenters. The molecule has 0 aliphatic rings. The molecule has 2 rings (SSSR count). The van der Waals surface area contributed by atoms with Gasteiger partial charge in [0.2, 0.25) is 0 Å². The Morgan fingerprint density at radius 2 is 2.00 bits per heavy atom. The second kappa shape index (κ2) is 5.95. The summed E-state index contributed by atoms with van der Waals surface area (Å²) in [6.45, 7) is 2.03. The van der Waals surface area contributed by atoms with Gasteiger partial charge in [-0.25, -0.2) is 0 Å². The van der Waals surface area contributed by atoms with Crippen LogP contribution < -0.4 is 5.73 Å². The number of nitrogens with zero attached hydrogens (tertiary/aromatic N) is 1. The van der Waals surface area contributed by atoms with Crippen LogP contribution in [-0.2, 0) is 6.42 Å². The molecule has 1 heterocycles. The Hall–Kier alpha value is -0.710. The van der Waals surface area contributed by atoms with Crippen LogP contribution in [0, 0.1) is 6.92 Å². The van der Waals surface area contributed by atoms with Gasteiger partial charge in [0.15, 0.2) is 0 Å². The number of hydrogen-bond donors (Lipinski definition) is 1. The van der Waals surface area contributed by atoms with E-state index in [1.54, 1.807) is 0 Å². The lowest BCUT2D eigenvalue weighted by molar-refractivity contribution is 0.703. The molecule has 94 valence electrons. The van der Waals surface area contributed by atoms with E-state index in [4.69, 9.17) is 5.73 Å². The maximum Gasteiger partial charge on any atom is 0.0422 e. The minimum absolute atomic E-state index is 0.0531. The van der Waals surface area contributed by atoms with Crippen molar-refractivity contribution in [3.05, 3.63) is 62.3 Å². The highest BCUT2D eigenvalue weighted by molar-refractivity contribution is 9.11. The lowest BCUT2D eigenvalue weighted by atomic mass is 10.0. The molecule has 0 aliphatic carbocycles. The predicted octanol–water partition coefficient (Wildman–Crippen LogP) is 4.16. The van der Waals surface area contributed by atoms with Gasteiger partial charge in [0.05, 0.1) is 0 Å². The molecule has 1 aromatic carbocycles. The van der Waals surface area contributed by atoms with E-state index in [0.717, 1.165) is 32.2 Å². The van der Waals surface area contributed by atoms with Crippen molar-refractivity contribution < 1.29 is 0 Å². The molecule has 0 radical (unpaired) electrons. The molecule has 0 saturated heterocycles. The SMILES string of the molecule is Cc1ccc(CC(N)c2ccc(Br)cc2Br)nc1. The maximum atomic E-state index is 6.23. The van der Waals surface area contributed by atoms with Crippen molar-refractivity contribution >= 4 is 31.9 Å². The maximum absolute atomic E-state index is 6.23. The van der Waals surface area contributed by atoms with Crippen LogP contribution in [0.5, 0.6) is 0 Å². The van der Waals surface area contributed by atoms with Crippen molar-refractivity contribution in [2.24, 2.45) is 5.73 Å². The zero-order valence-corrected chi connectivity index (χ0v) is 13.2. The van der Waals surface area contributed by atoms with Gasteiger partial charge in [-0.3, -0.25) is 4.98 Å². The number of pyridine rings is 1. The highest BCUT2D eigenvalue weighted by atomic mass is 79.9. The highest BCUT2D eigenvalue weighted by Crippen LogP contribution is 2.27. The number of aromatic nitrogens is 1. The molecule has 2 aromatic rings. The zero-order valence-electron chi connectivity index (χ0n) is 10.0. The molecule has 0 aliphatic heterocycles. The number of hydrogen-bond acceptors (Lipinski definition) is 2. The first kappa shape index (κ1) is 13.7. The van der Waals surface area contributed by atoms with Crippen molar-refractivity contribution in [3.8, 4) is 0 Å². The normalized spacial score (nSPS) is 12.4. The number of rotatable bonds is 3. The first-order valence-electron chi connectivity index (χ1n) is 5.68. The highest BCUT2D eigenvalue weighted by Gasteiger charge is 2.11. The Balaban J connectivity index is 2.16. The van der Waals surface area contributed by atoms with E-state index in [-0.39, 0.29) is 6.04 Å². The molecule has 2 N–H and O–H groups in total. The van der Waals surface area contributed by atoms with Crippen LogP contribution in [0.25, 0.3) is 0 Å². The minimum atomic E-state index is -0.0531. The Kier molecular flexibility index (Phi) is 4.54. The largest absolute Gasteiger partial charge is 0.324 e. The molecule has 1 aromatic heterocycles. The van der Waals surface area contributed by atoms with Crippen LogP contribution >= 0.6 is 31.9 Å². The summed E-state index contributed by atoms with van der Waals surface area (Å²) in [7, 11) is 0. The molecule has 0 amide bonds. The van der Waals surface area contributed by atoms with E-state index in [1.165, 1.54) is 0 Å². The second-order valence-electron chi connectivity index (χ2n) is 4.30. The van der Waals surface area contributed by atoms with Crippen molar-refractivity contribution in [1.29, 1.82) is 0 Å². The molecule has 2 nitrogen and oxygen atoms in total. The van der Waals surface area contributed by atoms with Crippen LogP contribution in [0.3, 0.4) is 0 Å². The third-order valence-electron chi connectivity index (χ3n) is 2.76. The van der Waals surface area contributed by atoms with Crippen LogP contribution in [-0.4, -0.2) is 4.98 Å². The Labute approximate surface area is 124 Å². The van der Waals surface area contributed by atoms with Crippen LogP contribution in [0.2, 0.25) is 0 Å². The number of halogens is 2. The molecule has 0 fully saturated rings. The van der Waals surface area contributed by atoms with Crippen molar-refractivity contribution in [1.82, 2.24) is 4.98 Å². The zero-order chi connectivity index (χ0) is 13.1. The summed E-state index contributed by atoms with van der Waals surface area (Å²) < 4.78 is 2.07. The molecule has 4 heteroatoms. The molecule has 18 heavy (non-hydrogen) atoms. The van der Waals surface area contributed by atoms with Gasteiger partial charge in [0.25, 0.3) is 0 Å². The summed E-state index contributed by atoms with van der Waals surface area (Å²) in [6.07, 6.45) is 2.61. The van der Waals surface area contributed by atoms with E-state index >= 15 is 0 Å². The second-order valence-corrected chi connectivity index (χ2v) is 6.07. The van der Waals surface area contributed by atoms with Crippen LogP contribution in [0.1, 0.15) is 22.9 Å². The average molecular weight is 370 g/mol. The van der Waals surface area contributed by atoms with E-state index in [2.05, 4.69) is 42.9 Å². The van der Waals surface area contributed by atoms with Crippen LogP contribution in [0.4, 0.5) is 0 Å². The van der Waals surface area contributed by atoms with Gasteiger partial charge in [-0.2, -0.15) is 0 Å². The van der Waals surface area contributed by atoms with Crippen molar-refractivity contribution in [3.63, 3.8) is 0 Å². The van der Waals surface area contributed by atoms with Gasteiger partial charge in [-0.1, -0.05) is 44.0 Å². The fourth-order valence-electron chi connectivity index (χ4n) is 1.76. The molecular formula is C14H14Br2N2. The smallest absolute Gasteiger partial charge is 0.0422 e. The number of benzene rings is 1. The molecule has 0 bridgehead atoms. The monoisotopic (exact) mass is 368 g/mol. The molecular weight excluding hydrogens is 356 g/mol. The van der Waals surface area contributed by atoms with Crippen molar-refractivity contribution in [2.75, 3.05) is 0 Å². The van der Waals surface area contributed by atoms with Gasteiger partial charge < -0.3 is 5.73 Å². The topological polar surface area (TPSA) is 38.9 Å². The first-order chi connectivity index (χ1) is 8.56. The third-order valence-corrected chi connectivity index (χ3v) is 3.94.